The van der Waals surface area contributed by atoms with E-state index in [1.54, 1.807) is 11.8 Å². The predicted octanol–water partition coefficient (Wildman–Crippen LogP) is 3.58. The van der Waals surface area contributed by atoms with E-state index in [1.807, 2.05) is 37.3 Å². The van der Waals surface area contributed by atoms with Crippen molar-refractivity contribution in [2.24, 2.45) is 5.92 Å². The number of ether oxygens (including phenoxy) is 1. The summed E-state index contributed by atoms with van der Waals surface area (Å²) < 4.78 is 48.1. The van der Waals surface area contributed by atoms with Gasteiger partial charge in [0.15, 0.2) is 0 Å². The zero-order valence-corrected chi connectivity index (χ0v) is 23.6. The van der Waals surface area contributed by atoms with Crippen LogP contribution in [0.15, 0.2) is 65.7 Å². The maximum atomic E-state index is 14.3. The maximum absolute atomic E-state index is 14.3. The third-order valence-corrected chi connectivity index (χ3v) is 8.43. The smallest absolute Gasteiger partial charge is 0.306 e. The minimum absolute atomic E-state index is 0.00499. The number of piperazine rings is 1. The van der Waals surface area contributed by atoms with Crippen molar-refractivity contribution in [3.63, 3.8) is 0 Å². The highest BCUT2D eigenvalue weighted by atomic mass is 19.1. The van der Waals surface area contributed by atoms with Crippen LogP contribution in [-0.2, 0) is 32.3 Å². The third kappa shape index (κ3) is 5.83. The molecular formula is C31H32F3N3O6. The molecule has 0 spiro atoms. The minimum Gasteiger partial charge on any atom is -0.490 e. The number of nitrogens with zero attached hydrogens (tertiary/aromatic N) is 2. The molecule has 3 N–H and O–H groups in total. The van der Waals surface area contributed by atoms with Crippen molar-refractivity contribution in [1.82, 2.24) is 15.1 Å². The van der Waals surface area contributed by atoms with Crippen LogP contribution in [0.5, 0.6) is 0 Å². The molecule has 2 aromatic carbocycles. The van der Waals surface area contributed by atoms with E-state index in [0.29, 0.717) is 18.6 Å². The molecule has 3 aliphatic rings. The number of carboxylic acid groups (broad SMARTS) is 1. The Morgan fingerprint density at radius 3 is 2.44 bits per heavy atom. The van der Waals surface area contributed by atoms with E-state index in [4.69, 9.17) is 4.74 Å². The molecule has 2 amide bonds. The number of fused-ring (bicyclic) bond motifs is 4. The van der Waals surface area contributed by atoms with Crippen molar-refractivity contribution in [1.29, 1.82) is 0 Å². The molecule has 3 aliphatic heterocycles. The fourth-order valence-corrected chi connectivity index (χ4v) is 6.01. The SMILES string of the molecule is CC1C(C(=O)NCc2c(F)cc(F)cc2F)=CN2C(=C1OCc1ccccc1)C(=O)N1CC2[C@](O)(CC(=O)O)CCC1C. The first-order chi connectivity index (χ1) is 20.4. The summed E-state index contributed by atoms with van der Waals surface area (Å²) in [6.45, 7) is 2.94. The van der Waals surface area contributed by atoms with Crippen molar-refractivity contribution in [2.45, 2.75) is 63.9 Å². The lowest BCUT2D eigenvalue weighted by atomic mass is 9.82. The number of benzene rings is 2. The Kier molecular flexibility index (Phi) is 8.24. The number of carboxylic acids is 1. The summed E-state index contributed by atoms with van der Waals surface area (Å²) in [5.41, 5.74) is -1.36. The number of halogens is 3. The van der Waals surface area contributed by atoms with Crippen molar-refractivity contribution >= 4 is 17.8 Å². The normalized spacial score (nSPS) is 25.1. The molecule has 3 heterocycles. The highest BCUT2D eigenvalue weighted by Crippen LogP contribution is 2.43. The zero-order valence-electron chi connectivity index (χ0n) is 23.6. The summed E-state index contributed by atoms with van der Waals surface area (Å²) >= 11 is 0. The van der Waals surface area contributed by atoms with Crippen LogP contribution in [0.3, 0.4) is 0 Å². The van der Waals surface area contributed by atoms with Gasteiger partial charge in [-0.05, 0) is 25.3 Å². The monoisotopic (exact) mass is 599 g/mol. The van der Waals surface area contributed by atoms with Crippen LogP contribution in [-0.4, -0.2) is 62.0 Å². The van der Waals surface area contributed by atoms with Gasteiger partial charge >= 0.3 is 5.97 Å². The molecule has 0 radical (unpaired) electrons. The Labute approximate surface area is 246 Å². The van der Waals surface area contributed by atoms with Gasteiger partial charge in [0.25, 0.3) is 5.91 Å². The molecule has 43 heavy (non-hydrogen) atoms. The molecule has 5 rings (SSSR count). The average Bonchev–Trinajstić information content (AvgIpc) is 3.05. The largest absolute Gasteiger partial charge is 0.490 e. The molecular weight excluding hydrogens is 567 g/mol. The van der Waals surface area contributed by atoms with E-state index < -0.39 is 65.4 Å². The Balaban J connectivity index is 1.55. The summed E-state index contributed by atoms with van der Waals surface area (Å²) in [7, 11) is 0. The number of allylic oxidation sites excluding steroid dienone is 1. The number of hydrogen-bond donors (Lipinski definition) is 3. The molecule has 2 saturated heterocycles. The van der Waals surface area contributed by atoms with Crippen LogP contribution >= 0.6 is 0 Å². The second-order valence-corrected chi connectivity index (χ2v) is 11.3. The lowest BCUT2D eigenvalue weighted by molar-refractivity contribution is -0.148. The number of aliphatic carboxylic acids is 1. The second kappa shape index (κ2) is 11.8. The van der Waals surface area contributed by atoms with Crippen LogP contribution in [0.1, 0.15) is 44.2 Å². The van der Waals surface area contributed by atoms with Gasteiger partial charge in [0, 0.05) is 54.5 Å². The van der Waals surface area contributed by atoms with E-state index in [1.165, 1.54) is 11.1 Å². The van der Waals surface area contributed by atoms with Gasteiger partial charge in [-0.25, -0.2) is 13.2 Å². The fourth-order valence-electron chi connectivity index (χ4n) is 6.01. The number of hydrogen-bond acceptors (Lipinski definition) is 6. The van der Waals surface area contributed by atoms with Crippen LogP contribution < -0.4 is 5.32 Å². The van der Waals surface area contributed by atoms with Gasteiger partial charge in [0.2, 0.25) is 5.91 Å². The molecule has 2 fully saturated rings. The van der Waals surface area contributed by atoms with E-state index in [2.05, 4.69) is 5.32 Å². The Hall–Kier alpha value is -4.32. The standard InChI is InChI=1S/C31H32F3N3O6/c1-17-8-9-31(42,12-26(38)39)25-15-36(17)30(41)27-28(43-16-19-6-4-3-5-7-19)18(2)22(14-37(25)27)29(40)35-13-21-23(33)10-20(32)11-24(21)34/h3-7,10-11,14,17-18,25,42H,8-9,12-13,15-16H2,1-2H3,(H,35,40)(H,38,39)/t17?,18?,25?,31-/m1/s1. The van der Waals surface area contributed by atoms with Gasteiger partial charge in [-0.1, -0.05) is 37.3 Å². The molecule has 9 nitrogen and oxygen atoms in total. The first-order valence-corrected chi connectivity index (χ1v) is 14.0. The number of amides is 2. The number of carbonyl (C=O) groups is 3. The van der Waals surface area contributed by atoms with Gasteiger partial charge in [0.05, 0.1) is 18.1 Å². The van der Waals surface area contributed by atoms with Crippen molar-refractivity contribution < 1.29 is 42.5 Å². The molecule has 228 valence electrons. The first kappa shape index (κ1) is 30.1. The Morgan fingerprint density at radius 1 is 1.12 bits per heavy atom. The van der Waals surface area contributed by atoms with Crippen LogP contribution in [0, 0.1) is 23.4 Å². The molecule has 0 aromatic heterocycles. The van der Waals surface area contributed by atoms with Crippen molar-refractivity contribution in [2.75, 3.05) is 6.54 Å². The van der Waals surface area contributed by atoms with Crippen molar-refractivity contribution in [3.8, 4) is 0 Å². The van der Waals surface area contributed by atoms with Crippen LogP contribution in [0.2, 0.25) is 0 Å². The number of carbonyl (C=O) groups excluding carboxylic acids is 2. The highest BCUT2D eigenvalue weighted by molar-refractivity contribution is 5.99. The van der Waals surface area contributed by atoms with E-state index >= 15 is 0 Å². The van der Waals surface area contributed by atoms with Gasteiger partial charge in [-0.3, -0.25) is 14.4 Å². The molecule has 3 unspecified atom stereocenters. The van der Waals surface area contributed by atoms with Gasteiger partial charge in [-0.2, -0.15) is 0 Å². The summed E-state index contributed by atoms with van der Waals surface area (Å²) in [5.74, 6) is -6.44. The summed E-state index contributed by atoms with van der Waals surface area (Å²) in [6.07, 6.45) is 1.23. The number of rotatable bonds is 8. The van der Waals surface area contributed by atoms with Crippen molar-refractivity contribution in [3.05, 3.63) is 94.3 Å². The lowest BCUT2D eigenvalue weighted by Crippen LogP contribution is -2.63. The summed E-state index contributed by atoms with van der Waals surface area (Å²) in [6, 6.07) is 8.92. The average molecular weight is 600 g/mol. The maximum Gasteiger partial charge on any atom is 0.306 e. The number of aliphatic hydroxyl groups is 1. The predicted molar refractivity (Wildman–Crippen MR) is 147 cm³/mol. The van der Waals surface area contributed by atoms with Crippen LogP contribution in [0.4, 0.5) is 13.2 Å². The van der Waals surface area contributed by atoms with E-state index in [9.17, 15) is 37.8 Å². The summed E-state index contributed by atoms with van der Waals surface area (Å²) in [4.78, 5) is 42.3. The van der Waals surface area contributed by atoms with Gasteiger partial charge < -0.3 is 30.1 Å². The molecule has 2 aromatic rings. The first-order valence-electron chi connectivity index (χ1n) is 14.0. The third-order valence-electron chi connectivity index (χ3n) is 8.43. The molecule has 2 bridgehead atoms. The quantitative estimate of drug-likeness (QED) is 0.425. The molecule has 0 aliphatic carbocycles. The highest BCUT2D eigenvalue weighted by Gasteiger charge is 2.54. The molecule has 0 saturated carbocycles. The second-order valence-electron chi connectivity index (χ2n) is 11.3. The van der Waals surface area contributed by atoms with Gasteiger partial charge in [-0.15, -0.1) is 0 Å². The van der Waals surface area contributed by atoms with Gasteiger partial charge in [0.1, 0.15) is 35.5 Å². The topological polar surface area (TPSA) is 119 Å². The lowest BCUT2D eigenvalue weighted by Gasteiger charge is -2.49. The molecule has 4 atom stereocenters. The molecule has 12 heteroatoms. The van der Waals surface area contributed by atoms with Crippen LogP contribution in [0.25, 0.3) is 0 Å². The fraction of sp³-hybridized carbons (Fsp3) is 0.387. The number of nitrogens with one attached hydrogen (secondary N) is 1. The van der Waals surface area contributed by atoms with E-state index in [-0.39, 0.29) is 48.6 Å². The van der Waals surface area contributed by atoms with E-state index in [0.717, 1.165) is 5.56 Å². The summed E-state index contributed by atoms with van der Waals surface area (Å²) in [5, 5.41) is 23.9. The Bertz CT molecular complexity index is 1490. The Morgan fingerprint density at radius 2 is 1.79 bits per heavy atom. The minimum atomic E-state index is -1.76. The zero-order chi connectivity index (χ0) is 31.1.